The Balaban J connectivity index is 1.97. The third-order valence-electron chi connectivity index (χ3n) is 6.79. The minimum Gasteiger partial charge on any atom is -0.370 e. The first-order chi connectivity index (χ1) is 16.4. The Morgan fingerprint density at radius 3 is 2.37 bits per heavy atom. The summed E-state index contributed by atoms with van der Waals surface area (Å²) in [7, 11) is 0. The molecule has 4 amide bonds. The molecule has 2 aromatic carbocycles. The Morgan fingerprint density at radius 1 is 1.11 bits per heavy atom. The third-order valence-corrected chi connectivity index (χ3v) is 7.04. The van der Waals surface area contributed by atoms with Gasteiger partial charge in [-0.3, -0.25) is 9.59 Å². The number of rotatable bonds is 4. The first kappa shape index (κ1) is 25.0. The molecule has 0 saturated carbocycles. The zero-order valence-electron chi connectivity index (χ0n) is 18.5. The molecule has 2 saturated heterocycles. The summed E-state index contributed by atoms with van der Waals surface area (Å²) in [4.78, 5) is 39.4. The molecule has 2 aliphatic rings. The second-order valence-corrected chi connectivity index (χ2v) is 8.94. The smallest absolute Gasteiger partial charge is 0.370 e. The lowest BCUT2D eigenvalue weighted by Gasteiger charge is -2.43. The number of primary amides is 2. The number of ether oxygens (including phenoxy) is 1. The lowest BCUT2D eigenvalue weighted by Crippen LogP contribution is -2.70. The Labute approximate surface area is 203 Å². The van der Waals surface area contributed by atoms with Crippen molar-refractivity contribution in [2.75, 3.05) is 31.2 Å². The number of alkyl halides is 3. The molecule has 0 spiro atoms. The lowest BCUT2D eigenvalue weighted by molar-refractivity contribution is -0.138. The second kappa shape index (κ2) is 8.81. The van der Waals surface area contributed by atoms with Crippen molar-refractivity contribution >= 4 is 40.8 Å². The number of hydrogen-bond acceptors (Lipinski definition) is 4. The molecule has 12 heteroatoms. The molecule has 0 aromatic heterocycles. The number of likely N-dealkylation sites (tertiary alicyclic amines) is 1. The minimum atomic E-state index is -4.87. The van der Waals surface area contributed by atoms with Crippen LogP contribution in [0.1, 0.15) is 24.0 Å². The maximum Gasteiger partial charge on any atom is 0.420 e. The van der Waals surface area contributed by atoms with E-state index in [0.29, 0.717) is 11.4 Å². The largest absolute Gasteiger partial charge is 0.420 e. The van der Waals surface area contributed by atoms with Crippen molar-refractivity contribution in [1.82, 2.24) is 4.48 Å². The van der Waals surface area contributed by atoms with Crippen LogP contribution < -0.4 is 20.9 Å². The van der Waals surface area contributed by atoms with Gasteiger partial charge >= 0.3 is 12.2 Å². The highest BCUT2D eigenvalue weighted by Gasteiger charge is 2.65. The number of carbonyl (C=O) groups excluding carboxylic acids is 3. The lowest BCUT2D eigenvalue weighted by atomic mass is 9.82. The van der Waals surface area contributed by atoms with Gasteiger partial charge in [0.15, 0.2) is 0 Å². The van der Waals surface area contributed by atoms with Gasteiger partial charge in [-0.25, -0.2) is 4.79 Å². The third kappa shape index (κ3) is 3.83. The van der Waals surface area contributed by atoms with E-state index in [2.05, 4.69) is 0 Å². The van der Waals surface area contributed by atoms with Crippen molar-refractivity contribution in [3.8, 4) is 0 Å². The van der Waals surface area contributed by atoms with Crippen molar-refractivity contribution in [3.05, 3.63) is 58.6 Å². The van der Waals surface area contributed by atoms with Gasteiger partial charge in [0.25, 0.3) is 11.8 Å². The summed E-state index contributed by atoms with van der Waals surface area (Å²) < 4.78 is 47.0. The van der Waals surface area contributed by atoms with Crippen LogP contribution in [-0.4, -0.2) is 44.1 Å². The van der Waals surface area contributed by atoms with Crippen LogP contribution in [0.2, 0.25) is 5.02 Å². The van der Waals surface area contributed by atoms with Gasteiger partial charge in [-0.1, -0.05) is 17.7 Å². The number of benzene rings is 2. The fourth-order valence-corrected chi connectivity index (χ4v) is 5.40. The molecular weight excluding hydrogens is 489 g/mol. The predicted molar refractivity (Wildman–Crippen MR) is 122 cm³/mol. The summed E-state index contributed by atoms with van der Waals surface area (Å²) in [6.07, 6.45) is -4.59. The van der Waals surface area contributed by atoms with Crippen LogP contribution in [0.3, 0.4) is 0 Å². The molecule has 0 radical (unpaired) electrons. The molecule has 0 bridgehead atoms. The van der Waals surface area contributed by atoms with E-state index in [4.69, 9.17) is 27.8 Å². The standard InChI is InChI=1S/C23H22ClF3N4O4/c24-15-3-5-16(6-4-15)31(21(29)34)10-1-8-22(31,20(28)33)14-2-7-18(17(12-14)23(25,26)27)30-9-11-35-13-19(30)32/h2-7,12H,1,8-11,13H2,(H3-,28,29,33,34)/p+1/t22-,31?/m1/s1. The summed E-state index contributed by atoms with van der Waals surface area (Å²) in [5.41, 5.74) is 8.46. The number of carbonyl (C=O) groups is 3. The molecule has 2 heterocycles. The fraction of sp³-hybridized carbons (Fsp3) is 0.348. The van der Waals surface area contributed by atoms with Crippen molar-refractivity contribution in [1.29, 1.82) is 0 Å². The number of hydrogen-bond donors (Lipinski definition) is 2. The van der Waals surface area contributed by atoms with Crippen LogP contribution in [-0.2, 0) is 26.0 Å². The summed E-state index contributed by atoms with van der Waals surface area (Å²) >= 11 is 5.99. The van der Waals surface area contributed by atoms with E-state index in [1.165, 1.54) is 30.3 Å². The Bertz CT molecular complexity index is 1190. The van der Waals surface area contributed by atoms with E-state index in [0.717, 1.165) is 17.0 Å². The Kier molecular flexibility index (Phi) is 6.28. The Morgan fingerprint density at radius 2 is 1.80 bits per heavy atom. The molecule has 4 N–H and O–H groups in total. The molecule has 4 rings (SSSR count). The SMILES string of the molecule is NC(=O)[C@]1(c2ccc(N3CCOCC3=O)c(C(F)(F)F)c2)CCC[N+]1(C(N)=O)c1ccc(Cl)cc1. The van der Waals surface area contributed by atoms with Gasteiger partial charge in [0.1, 0.15) is 12.3 Å². The fourth-order valence-electron chi connectivity index (χ4n) is 5.27. The number of amides is 4. The van der Waals surface area contributed by atoms with Crippen molar-refractivity contribution in [3.63, 3.8) is 0 Å². The van der Waals surface area contributed by atoms with Gasteiger partial charge in [0.2, 0.25) is 5.54 Å². The van der Waals surface area contributed by atoms with Gasteiger partial charge in [-0.05, 0) is 24.3 Å². The summed E-state index contributed by atoms with van der Waals surface area (Å²) in [6, 6.07) is 8.28. The first-order valence-corrected chi connectivity index (χ1v) is 11.2. The van der Waals surface area contributed by atoms with Crippen molar-refractivity contribution < 1.29 is 32.3 Å². The van der Waals surface area contributed by atoms with Crippen molar-refractivity contribution in [2.24, 2.45) is 11.5 Å². The van der Waals surface area contributed by atoms with Gasteiger partial charge in [-0.2, -0.15) is 17.7 Å². The van der Waals surface area contributed by atoms with E-state index in [9.17, 15) is 27.6 Å². The topological polar surface area (TPSA) is 116 Å². The highest BCUT2D eigenvalue weighted by atomic mass is 35.5. The monoisotopic (exact) mass is 511 g/mol. The number of nitrogens with zero attached hydrogens (tertiary/aromatic N) is 2. The molecule has 0 aliphatic carbocycles. The first-order valence-electron chi connectivity index (χ1n) is 10.8. The highest BCUT2D eigenvalue weighted by Crippen LogP contribution is 2.50. The van der Waals surface area contributed by atoms with E-state index in [1.807, 2.05) is 0 Å². The van der Waals surface area contributed by atoms with Crippen LogP contribution in [0.4, 0.5) is 29.3 Å². The average molecular weight is 512 g/mol. The van der Waals surface area contributed by atoms with Crippen LogP contribution in [0.15, 0.2) is 42.5 Å². The molecule has 2 aliphatic heterocycles. The van der Waals surface area contributed by atoms with E-state index in [-0.39, 0.29) is 49.7 Å². The highest BCUT2D eigenvalue weighted by molar-refractivity contribution is 6.30. The van der Waals surface area contributed by atoms with Gasteiger partial charge < -0.3 is 21.1 Å². The van der Waals surface area contributed by atoms with Crippen LogP contribution in [0.25, 0.3) is 0 Å². The van der Waals surface area contributed by atoms with E-state index in [1.54, 1.807) is 0 Å². The molecular formula is C23H23ClF3N4O4+. The zero-order chi connectivity index (χ0) is 25.6. The van der Waals surface area contributed by atoms with Gasteiger partial charge in [0.05, 0.1) is 24.4 Å². The number of morpholine rings is 1. The molecule has 186 valence electrons. The molecule has 2 fully saturated rings. The minimum absolute atomic E-state index is 0.0129. The summed E-state index contributed by atoms with van der Waals surface area (Å²) in [6.45, 7) is -0.282. The quantitative estimate of drug-likeness (QED) is 0.613. The summed E-state index contributed by atoms with van der Waals surface area (Å²) in [5, 5.41) is 0.360. The molecule has 8 nitrogen and oxygen atoms in total. The van der Waals surface area contributed by atoms with E-state index < -0.39 is 39.6 Å². The molecule has 35 heavy (non-hydrogen) atoms. The predicted octanol–water partition coefficient (Wildman–Crippen LogP) is 3.28. The number of anilines is 1. The maximum absolute atomic E-state index is 14.2. The number of halogens is 4. The normalized spacial score (nSPS) is 25.0. The van der Waals surface area contributed by atoms with Crippen LogP contribution >= 0.6 is 11.6 Å². The number of urea groups is 1. The van der Waals surface area contributed by atoms with Crippen molar-refractivity contribution in [2.45, 2.75) is 24.6 Å². The number of nitrogens with two attached hydrogens (primary N) is 2. The van der Waals surface area contributed by atoms with Crippen LogP contribution in [0, 0.1) is 0 Å². The maximum atomic E-state index is 14.2. The molecule has 1 unspecified atom stereocenters. The van der Waals surface area contributed by atoms with Gasteiger partial charge in [-0.15, -0.1) is 0 Å². The number of quaternary nitrogens is 1. The zero-order valence-corrected chi connectivity index (χ0v) is 19.2. The van der Waals surface area contributed by atoms with Gasteiger partial charge in [0, 0.05) is 42.1 Å². The average Bonchev–Trinajstić information content (AvgIpc) is 3.22. The Hall–Kier alpha value is -3.15. The van der Waals surface area contributed by atoms with Crippen LogP contribution in [0.5, 0.6) is 0 Å². The molecule has 2 aromatic rings. The summed E-state index contributed by atoms with van der Waals surface area (Å²) in [5.74, 6) is -1.62. The second-order valence-electron chi connectivity index (χ2n) is 8.50. The molecule has 2 atom stereocenters. The van der Waals surface area contributed by atoms with E-state index >= 15 is 0 Å².